The molecule has 1 fully saturated rings. The third-order valence-corrected chi connectivity index (χ3v) is 4.04. The maximum atomic E-state index is 12.7. The van der Waals surface area contributed by atoms with Crippen molar-refractivity contribution in [3.8, 4) is 0 Å². The first kappa shape index (κ1) is 13.6. The molecule has 2 atom stereocenters. The van der Waals surface area contributed by atoms with Crippen LogP contribution in [0.15, 0.2) is 30.6 Å². The van der Waals surface area contributed by atoms with Crippen molar-refractivity contribution < 1.29 is 9.59 Å². The molecule has 1 aliphatic rings. The molecule has 0 aliphatic carbocycles. The van der Waals surface area contributed by atoms with Gasteiger partial charge in [0, 0.05) is 13.1 Å². The van der Waals surface area contributed by atoms with Crippen LogP contribution in [0.25, 0.3) is 11.0 Å². The van der Waals surface area contributed by atoms with E-state index in [9.17, 15) is 9.59 Å². The molecule has 0 radical (unpaired) electrons. The molecule has 2 aromatic rings. The fourth-order valence-corrected chi connectivity index (χ4v) is 2.73. The highest BCUT2D eigenvalue weighted by Crippen LogP contribution is 2.20. The molecule has 1 aromatic heterocycles. The zero-order valence-electron chi connectivity index (χ0n) is 12.1. The van der Waals surface area contributed by atoms with Gasteiger partial charge in [0.15, 0.2) is 0 Å². The Morgan fingerprint density at radius 1 is 1.43 bits per heavy atom. The van der Waals surface area contributed by atoms with Crippen LogP contribution in [0.3, 0.4) is 0 Å². The Balaban J connectivity index is 1.89. The molecular weight excluding hydrogens is 268 g/mol. The summed E-state index contributed by atoms with van der Waals surface area (Å²) >= 11 is 0. The lowest BCUT2D eigenvalue weighted by Crippen LogP contribution is -2.57. The molecule has 0 saturated carbocycles. The molecule has 1 N–H and O–H groups in total. The van der Waals surface area contributed by atoms with E-state index in [1.54, 1.807) is 18.2 Å². The maximum absolute atomic E-state index is 12.7. The van der Waals surface area contributed by atoms with E-state index in [2.05, 4.69) is 10.3 Å². The second-order valence-electron chi connectivity index (χ2n) is 5.32. The number of piperazine rings is 1. The molecule has 1 aliphatic heterocycles. The summed E-state index contributed by atoms with van der Waals surface area (Å²) in [5.74, 6) is -0.155. The second kappa shape index (κ2) is 5.20. The molecular formula is C15H18N4O2. The fraction of sp³-hybridized carbons (Fsp3) is 0.400. The van der Waals surface area contributed by atoms with Crippen molar-refractivity contribution in [1.82, 2.24) is 19.8 Å². The van der Waals surface area contributed by atoms with Crippen molar-refractivity contribution in [2.24, 2.45) is 0 Å². The molecule has 21 heavy (non-hydrogen) atoms. The number of nitrogens with zero attached hydrogens (tertiary/aromatic N) is 3. The SMILES string of the molecule is CC1C(=O)NCCN1C(=O)C(C)n1cnc2ccccc21. The van der Waals surface area contributed by atoms with E-state index in [-0.39, 0.29) is 17.9 Å². The van der Waals surface area contributed by atoms with Gasteiger partial charge in [0.1, 0.15) is 12.1 Å². The minimum atomic E-state index is -0.427. The summed E-state index contributed by atoms with van der Waals surface area (Å²) < 4.78 is 1.86. The van der Waals surface area contributed by atoms with Gasteiger partial charge in [-0.25, -0.2) is 4.98 Å². The Morgan fingerprint density at radius 2 is 2.19 bits per heavy atom. The van der Waals surface area contributed by atoms with E-state index in [1.165, 1.54) is 0 Å². The number of hydrogen-bond acceptors (Lipinski definition) is 3. The average Bonchev–Trinajstić information content (AvgIpc) is 2.92. The number of fused-ring (bicyclic) bond motifs is 1. The van der Waals surface area contributed by atoms with E-state index in [0.29, 0.717) is 13.1 Å². The minimum Gasteiger partial charge on any atom is -0.353 e. The van der Waals surface area contributed by atoms with Gasteiger partial charge < -0.3 is 14.8 Å². The monoisotopic (exact) mass is 286 g/mol. The van der Waals surface area contributed by atoms with Crippen molar-refractivity contribution in [2.75, 3.05) is 13.1 Å². The summed E-state index contributed by atoms with van der Waals surface area (Å²) in [5, 5.41) is 2.77. The highest BCUT2D eigenvalue weighted by Gasteiger charge is 2.32. The number of imidazole rings is 1. The summed E-state index contributed by atoms with van der Waals surface area (Å²) in [5.41, 5.74) is 1.79. The molecule has 2 heterocycles. The Hall–Kier alpha value is -2.37. The molecule has 6 heteroatoms. The van der Waals surface area contributed by atoms with Gasteiger partial charge in [-0.3, -0.25) is 9.59 Å². The normalized spacial score (nSPS) is 20.4. The smallest absolute Gasteiger partial charge is 0.246 e. The topological polar surface area (TPSA) is 67.2 Å². The van der Waals surface area contributed by atoms with Gasteiger partial charge in [0.05, 0.1) is 17.4 Å². The van der Waals surface area contributed by atoms with Gasteiger partial charge in [-0.05, 0) is 26.0 Å². The van der Waals surface area contributed by atoms with Gasteiger partial charge in [-0.15, -0.1) is 0 Å². The predicted molar refractivity (Wildman–Crippen MR) is 78.6 cm³/mol. The maximum Gasteiger partial charge on any atom is 0.246 e. The number of rotatable bonds is 2. The van der Waals surface area contributed by atoms with Gasteiger partial charge in [-0.2, -0.15) is 0 Å². The summed E-state index contributed by atoms with van der Waals surface area (Å²) in [4.78, 5) is 30.4. The van der Waals surface area contributed by atoms with Gasteiger partial charge in [-0.1, -0.05) is 12.1 Å². The Bertz CT molecular complexity index is 694. The Kier molecular flexibility index (Phi) is 3.37. The van der Waals surface area contributed by atoms with Crippen molar-refractivity contribution >= 4 is 22.8 Å². The highest BCUT2D eigenvalue weighted by atomic mass is 16.2. The van der Waals surface area contributed by atoms with Gasteiger partial charge in [0.2, 0.25) is 11.8 Å². The second-order valence-corrected chi connectivity index (χ2v) is 5.32. The molecule has 3 rings (SSSR count). The molecule has 1 saturated heterocycles. The number of para-hydroxylation sites is 2. The van der Waals surface area contributed by atoms with Crippen molar-refractivity contribution in [3.63, 3.8) is 0 Å². The van der Waals surface area contributed by atoms with Crippen molar-refractivity contribution in [2.45, 2.75) is 25.9 Å². The van der Waals surface area contributed by atoms with Crippen LogP contribution in [0.5, 0.6) is 0 Å². The molecule has 0 bridgehead atoms. The van der Waals surface area contributed by atoms with Crippen LogP contribution in [0, 0.1) is 0 Å². The van der Waals surface area contributed by atoms with E-state index >= 15 is 0 Å². The highest BCUT2D eigenvalue weighted by molar-refractivity contribution is 5.90. The van der Waals surface area contributed by atoms with Crippen LogP contribution < -0.4 is 5.32 Å². The average molecular weight is 286 g/mol. The molecule has 6 nitrogen and oxygen atoms in total. The fourth-order valence-electron chi connectivity index (χ4n) is 2.73. The number of aromatic nitrogens is 2. The first-order valence-corrected chi connectivity index (χ1v) is 7.09. The standard InChI is InChI=1S/C15H18N4O2/c1-10-14(20)16-7-8-18(10)15(21)11(2)19-9-17-12-5-3-4-6-13(12)19/h3-6,9-11H,7-8H2,1-2H3,(H,16,20). The summed E-state index contributed by atoms with van der Waals surface area (Å²) in [6, 6.07) is 6.89. The first-order valence-electron chi connectivity index (χ1n) is 7.09. The molecule has 110 valence electrons. The third kappa shape index (κ3) is 2.26. The number of nitrogens with one attached hydrogen (secondary N) is 1. The number of benzene rings is 1. The summed E-state index contributed by atoms with van der Waals surface area (Å²) in [7, 11) is 0. The lowest BCUT2D eigenvalue weighted by atomic mass is 10.1. The van der Waals surface area contributed by atoms with Crippen LogP contribution in [0.1, 0.15) is 19.9 Å². The van der Waals surface area contributed by atoms with Gasteiger partial charge in [0.25, 0.3) is 0 Å². The van der Waals surface area contributed by atoms with Crippen molar-refractivity contribution in [3.05, 3.63) is 30.6 Å². The van der Waals surface area contributed by atoms with Crippen LogP contribution in [-0.2, 0) is 9.59 Å². The van der Waals surface area contributed by atoms with E-state index in [0.717, 1.165) is 11.0 Å². The lowest BCUT2D eigenvalue weighted by Gasteiger charge is -2.34. The van der Waals surface area contributed by atoms with Crippen LogP contribution in [0.4, 0.5) is 0 Å². The Morgan fingerprint density at radius 3 is 3.00 bits per heavy atom. The number of carbonyl (C=O) groups excluding carboxylic acids is 2. The molecule has 1 aromatic carbocycles. The quantitative estimate of drug-likeness (QED) is 0.893. The lowest BCUT2D eigenvalue weighted by molar-refractivity contribution is -0.144. The van der Waals surface area contributed by atoms with Crippen LogP contribution in [-0.4, -0.2) is 45.4 Å². The molecule has 2 unspecified atom stereocenters. The Labute approximate surface area is 122 Å². The predicted octanol–water partition coefficient (Wildman–Crippen LogP) is 0.944. The first-order chi connectivity index (χ1) is 10.1. The number of amides is 2. The minimum absolute atomic E-state index is 0.0551. The number of carbonyl (C=O) groups is 2. The molecule has 0 spiro atoms. The summed E-state index contributed by atoms with van der Waals surface area (Å²) in [6.45, 7) is 4.65. The van der Waals surface area contributed by atoms with Gasteiger partial charge >= 0.3 is 0 Å². The molecule has 2 amide bonds. The third-order valence-electron chi connectivity index (χ3n) is 4.04. The van der Waals surface area contributed by atoms with E-state index in [1.807, 2.05) is 35.8 Å². The van der Waals surface area contributed by atoms with E-state index < -0.39 is 6.04 Å². The van der Waals surface area contributed by atoms with Crippen LogP contribution >= 0.6 is 0 Å². The zero-order valence-corrected chi connectivity index (χ0v) is 12.1. The van der Waals surface area contributed by atoms with Crippen LogP contribution in [0.2, 0.25) is 0 Å². The summed E-state index contributed by atoms with van der Waals surface area (Å²) in [6.07, 6.45) is 1.68. The van der Waals surface area contributed by atoms with Crippen molar-refractivity contribution in [1.29, 1.82) is 0 Å². The number of hydrogen-bond donors (Lipinski definition) is 1. The van der Waals surface area contributed by atoms with E-state index in [4.69, 9.17) is 0 Å². The largest absolute Gasteiger partial charge is 0.353 e. The zero-order chi connectivity index (χ0) is 15.0.